The second kappa shape index (κ2) is 3.99. The second-order valence-electron chi connectivity index (χ2n) is 3.31. The Kier molecular flexibility index (Phi) is 3.15. The molecule has 0 bridgehead atoms. The van der Waals surface area contributed by atoms with Crippen molar-refractivity contribution in [3.8, 4) is 0 Å². The topological polar surface area (TPSA) is 86.3 Å². The van der Waals surface area contributed by atoms with Crippen molar-refractivity contribution < 1.29 is 23.0 Å². The highest BCUT2D eigenvalue weighted by molar-refractivity contribution is 6.26. The number of allylic oxidation sites excluding steroid dienone is 3. The predicted molar refractivity (Wildman–Crippen MR) is 49.4 cm³/mol. The van der Waals surface area contributed by atoms with Crippen LogP contribution in [0.3, 0.4) is 0 Å². The van der Waals surface area contributed by atoms with E-state index in [9.17, 15) is 33.4 Å². The summed E-state index contributed by atoms with van der Waals surface area (Å²) in [6.45, 7) is 0.660. The third-order valence-corrected chi connectivity index (χ3v) is 2.54. The quantitative estimate of drug-likeness (QED) is 0.438. The average molecular weight is 273 g/mol. The molecule has 6 nitrogen and oxygen atoms in total. The van der Waals surface area contributed by atoms with E-state index in [-0.39, 0.29) is 0 Å². The molecule has 0 radical (unpaired) electrons. The number of halogens is 4. The van der Waals surface area contributed by atoms with Crippen LogP contribution in [0.4, 0.5) is 13.2 Å². The van der Waals surface area contributed by atoms with Crippen LogP contribution in [0.15, 0.2) is 23.0 Å². The summed E-state index contributed by atoms with van der Waals surface area (Å²) < 4.78 is 39.4. The van der Waals surface area contributed by atoms with E-state index in [1.165, 1.54) is 0 Å². The predicted octanol–water partition coefficient (Wildman–Crippen LogP) is 2.25. The Morgan fingerprint density at radius 3 is 2.12 bits per heavy atom. The highest BCUT2D eigenvalue weighted by Crippen LogP contribution is 2.44. The first-order valence-electron chi connectivity index (χ1n) is 4.04. The van der Waals surface area contributed by atoms with E-state index in [0.29, 0.717) is 6.92 Å². The summed E-state index contributed by atoms with van der Waals surface area (Å²) in [6.07, 6.45) is -2.87. The van der Waals surface area contributed by atoms with Crippen molar-refractivity contribution in [2.45, 2.75) is 18.0 Å². The summed E-state index contributed by atoms with van der Waals surface area (Å²) in [6, 6.07) is 0. The fraction of sp³-hybridized carbons (Fsp3) is 0.429. The van der Waals surface area contributed by atoms with Gasteiger partial charge in [0.2, 0.25) is 5.83 Å². The van der Waals surface area contributed by atoms with Crippen molar-refractivity contribution in [3.63, 3.8) is 0 Å². The number of rotatable bonds is 2. The van der Waals surface area contributed by atoms with Gasteiger partial charge < -0.3 is 0 Å². The van der Waals surface area contributed by atoms with Gasteiger partial charge in [0.1, 0.15) is 0 Å². The van der Waals surface area contributed by atoms with Crippen molar-refractivity contribution >= 4 is 11.6 Å². The van der Waals surface area contributed by atoms with Crippen LogP contribution >= 0.6 is 11.6 Å². The summed E-state index contributed by atoms with van der Waals surface area (Å²) in [5.74, 6) is -4.34. The molecule has 94 valence electrons. The lowest BCUT2D eigenvalue weighted by Crippen LogP contribution is -2.41. The maximum atomic E-state index is 13.3. The van der Waals surface area contributed by atoms with Crippen LogP contribution in [-0.4, -0.2) is 20.9 Å². The van der Waals surface area contributed by atoms with Crippen molar-refractivity contribution in [3.05, 3.63) is 43.3 Å². The molecular weight excluding hydrogens is 269 g/mol. The van der Waals surface area contributed by atoms with Gasteiger partial charge in [0, 0.05) is 0 Å². The van der Waals surface area contributed by atoms with Gasteiger partial charge in [-0.05, 0) is 6.92 Å². The molecular formula is C7H4ClF3N2O4. The largest absolute Gasteiger partial charge is 0.381 e. The normalized spacial score (nSPS) is 29.6. The Morgan fingerprint density at radius 1 is 1.29 bits per heavy atom. The van der Waals surface area contributed by atoms with E-state index < -0.39 is 43.9 Å². The summed E-state index contributed by atoms with van der Waals surface area (Å²) in [7, 11) is 0. The SMILES string of the molecule is CC1(Cl)C([N+](=O)[O-])=C([N+](=O)[O-])C(F)=C(F)C1F. The lowest BCUT2D eigenvalue weighted by atomic mass is 9.93. The fourth-order valence-electron chi connectivity index (χ4n) is 1.35. The first kappa shape index (κ1) is 13.4. The van der Waals surface area contributed by atoms with Gasteiger partial charge in [-0.2, -0.15) is 4.39 Å². The molecule has 1 aliphatic rings. The van der Waals surface area contributed by atoms with E-state index in [2.05, 4.69) is 0 Å². The molecule has 2 atom stereocenters. The molecule has 0 saturated heterocycles. The van der Waals surface area contributed by atoms with Gasteiger partial charge in [0.05, 0.1) is 9.85 Å². The molecule has 0 amide bonds. The second-order valence-corrected chi connectivity index (χ2v) is 4.10. The van der Waals surface area contributed by atoms with Gasteiger partial charge in [-0.3, -0.25) is 20.2 Å². The number of nitro groups is 2. The molecule has 0 aliphatic heterocycles. The maximum Gasteiger partial charge on any atom is 0.381 e. The van der Waals surface area contributed by atoms with E-state index in [0.717, 1.165) is 0 Å². The molecule has 1 aliphatic carbocycles. The maximum absolute atomic E-state index is 13.3. The van der Waals surface area contributed by atoms with Gasteiger partial charge in [-0.1, -0.05) is 0 Å². The van der Waals surface area contributed by atoms with Gasteiger partial charge in [-0.15, -0.1) is 11.6 Å². The highest BCUT2D eigenvalue weighted by atomic mass is 35.5. The van der Waals surface area contributed by atoms with E-state index in [1.54, 1.807) is 0 Å². The van der Waals surface area contributed by atoms with Crippen LogP contribution < -0.4 is 0 Å². The van der Waals surface area contributed by atoms with E-state index in [1.807, 2.05) is 0 Å². The van der Waals surface area contributed by atoms with Gasteiger partial charge >= 0.3 is 11.4 Å². The minimum Gasteiger partial charge on any atom is -0.258 e. The summed E-state index contributed by atoms with van der Waals surface area (Å²) >= 11 is 5.36. The Balaban J connectivity index is 3.68. The third kappa shape index (κ3) is 1.86. The van der Waals surface area contributed by atoms with Crippen molar-refractivity contribution in [2.75, 3.05) is 0 Å². The summed E-state index contributed by atoms with van der Waals surface area (Å²) in [4.78, 5) is 15.4. The Hall–Kier alpha value is -1.64. The molecule has 1 rings (SSSR count). The number of alkyl halides is 2. The third-order valence-electron chi connectivity index (χ3n) is 2.17. The molecule has 0 heterocycles. The van der Waals surface area contributed by atoms with Crippen LogP contribution in [0, 0.1) is 20.2 Å². The lowest BCUT2D eigenvalue weighted by molar-refractivity contribution is -0.476. The summed E-state index contributed by atoms with van der Waals surface area (Å²) in [5.41, 5.74) is -3.28. The molecule has 0 saturated carbocycles. The zero-order valence-electron chi connectivity index (χ0n) is 8.12. The van der Waals surface area contributed by atoms with E-state index >= 15 is 0 Å². The number of nitrogens with zero attached hydrogens (tertiary/aromatic N) is 2. The van der Waals surface area contributed by atoms with Crippen LogP contribution in [0.2, 0.25) is 0 Å². The molecule has 0 aromatic carbocycles. The van der Waals surface area contributed by atoms with Crippen molar-refractivity contribution in [1.82, 2.24) is 0 Å². The molecule has 0 N–H and O–H groups in total. The number of hydrogen-bond donors (Lipinski definition) is 0. The molecule has 0 fully saturated rings. The smallest absolute Gasteiger partial charge is 0.258 e. The van der Waals surface area contributed by atoms with Gasteiger partial charge in [-0.25, -0.2) is 8.78 Å². The zero-order chi connectivity index (χ0) is 13.5. The van der Waals surface area contributed by atoms with Crippen molar-refractivity contribution in [1.29, 1.82) is 0 Å². The molecule has 17 heavy (non-hydrogen) atoms. The Labute approximate surface area is 96.6 Å². The standard InChI is InChI=1S/C7H4ClF3N2O4/c1-7(8)5(11)3(10)2(9)4(12(14)15)6(7)13(16)17/h5H,1H3. The van der Waals surface area contributed by atoms with Gasteiger partial charge in [0.25, 0.3) is 0 Å². The lowest BCUT2D eigenvalue weighted by Gasteiger charge is -2.24. The molecule has 0 spiro atoms. The molecule has 0 aromatic rings. The molecule has 0 aromatic heterocycles. The molecule has 10 heteroatoms. The molecule has 2 unspecified atom stereocenters. The van der Waals surface area contributed by atoms with Crippen molar-refractivity contribution in [2.24, 2.45) is 0 Å². The Morgan fingerprint density at radius 2 is 1.76 bits per heavy atom. The monoisotopic (exact) mass is 272 g/mol. The number of hydrogen-bond acceptors (Lipinski definition) is 4. The average Bonchev–Trinajstić information content (AvgIpc) is 2.19. The van der Waals surface area contributed by atoms with Gasteiger partial charge in [0.15, 0.2) is 16.9 Å². The van der Waals surface area contributed by atoms with Crippen LogP contribution in [0.25, 0.3) is 0 Å². The zero-order valence-corrected chi connectivity index (χ0v) is 8.87. The fourth-order valence-corrected chi connectivity index (χ4v) is 1.60. The minimum absolute atomic E-state index is 0.660. The summed E-state index contributed by atoms with van der Waals surface area (Å²) in [5, 5.41) is 21.0. The first-order valence-corrected chi connectivity index (χ1v) is 4.42. The Bertz CT molecular complexity index is 474. The first-order chi connectivity index (χ1) is 7.62. The van der Waals surface area contributed by atoms with Crippen LogP contribution in [-0.2, 0) is 0 Å². The minimum atomic E-state index is -2.87. The van der Waals surface area contributed by atoms with Crippen LogP contribution in [0.5, 0.6) is 0 Å². The van der Waals surface area contributed by atoms with Crippen LogP contribution in [0.1, 0.15) is 6.92 Å². The highest BCUT2D eigenvalue weighted by Gasteiger charge is 2.58. The van der Waals surface area contributed by atoms with E-state index in [4.69, 9.17) is 11.6 Å².